The van der Waals surface area contributed by atoms with Gasteiger partial charge in [-0.15, -0.1) is 0 Å². The van der Waals surface area contributed by atoms with Gasteiger partial charge in [-0.25, -0.2) is 0 Å². The summed E-state index contributed by atoms with van der Waals surface area (Å²) >= 11 is 1.91. The maximum Gasteiger partial charge on any atom is 0.143 e. The van der Waals surface area contributed by atoms with E-state index in [1.54, 1.807) is 0 Å². The van der Waals surface area contributed by atoms with Crippen LogP contribution in [-0.4, -0.2) is 22.7 Å². The number of unbranched alkanes of at least 4 members (excludes halogenated alkanes) is 5. The van der Waals surface area contributed by atoms with E-state index >= 15 is 0 Å². The Morgan fingerprint density at radius 3 is 2.39 bits per heavy atom. The average Bonchev–Trinajstić information content (AvgIpc) is 3.07. The van der Waals surface area contributed by atoms with E-state index in [-0.39, 0.29) is 28.1 Å². The molecule has 0 spiro atoms. The van der Waals surface area contributed by atoms with Crippen LogP contribution in [0.3, 0.4) is 0 Å². The molecule has 1 N–H and O–H groups in total. The number of carbonyl (C=O) groups is 1. The molecular weight excluding hydrogens is 400 g/mol. The predicted molar refractivity (Wildman–Crippen MR) is 133 cm³/mol. The van der Waals surface area contributed by atoms with E-state index in [0.717, 1.165) is 31.4 Å². The van der Waals surface area contributed by atoms with Crippen molar-refractivity contribution in [2.45, 2.75) is 103 Å². The van der Waals surface area contributed by atoms with Gasteiger partial charge in [0, 0.05) is 22.3 Å². The van der Waals surface area contributed by atoms with Crippen molar-refractivity contribution < 1.29 is 9.90 Å². The summed E-state index contributed by atoms with van der Waals surface area (Å²) in [5, 5.41) is 11.0. The minimum atomic E-state index is -0.256. The number of benzene rings is 1. The summed E-state index contributed by atoms with van der Waals surface area (Å²) < 4.78 is 0. The van der Waals surface area contributed by atoms with Crippen molar-refractivity contribution in [2.75, 3.05) is 5.75 Å². The second kappa shape index (κ2) is 10.9. The van der Waals surface area contributed by atoms with E-state index < -0.39 is 0 Å². The molecule has 2 bridgehead atoms. The summed E-state index contributed by atoms with van der Waals surface area (Å²) in [6.45, 7) is 9.08. The molecule has 0 amide bonds. The minimum absolute atomic E-state index is 0.120. The highest BCUT2D eigenvalue weighted by Crippen LogP contribution is 2.66. The second-order valence-electron chi connectivity index (χ2n) is 10.8. The van der Waals surface area contributed by atoms with Crippen LogP contribution in [0, 0.1) is 22.7 Å². The third kappa shape index (κ3) is 5.41. The molecular formula is C28H44O2S. The van der Waals surface area contributed by atoms with Gasteiger partial charge in [-0.2, -0.15) is 11.8 Å². The van der Waals surface area contributed by atoms with E-state index in [0.29, 0.717) is 11.7 Å². The highest BCUT2D eigenvalue weighted by Gasteiger charge is 2.65. The van der Waals surface area contributed by atoms with Gasteiger partial charge >= 0.3 is 0 Å². The van der Waals surface area contributed by atoms with Crippen molar-refractivity contribution in [3.63, 3.8) is 0 Å². The maximum atomic E-state index is 13.3. The van der Waals surface area contributed by atoms with Crippen molar-refractivity contribution in [3.8, 4) is 0 Å². The molecule has 3 rings (SSSR count). The molecule has 2 aliphatic rings. The number of fused-ring (bicyclic) bond motifs is 2. The van der Waals surface area contributed by atoms with Crippen molar-refractivity contribution in [1.29, 1.82) is 0 Å². The summed E-state index contributed by atoms with van der Waals surface area (Å²) in [5.41, 5.74) is 1.27. The summed E-state index contributed by atoms with van der Waals surface area (Å²) in [4.78, 5) is 13.3. The molecule has 0 aromatic heterocycles. The fraction of sp³-hybridized carbons (Fsp3) is 0.750. The summed E-state index contributed by atoms with van der Waals surface area (Å²) in [6, 6.07) is 10.6. The number of aliphatic hydroxyl groups is 1. The first-order valence-electron chi connectivity index (χ1n) is 12.7. The molecule has 5 atom stereocenters. The fourth-order valence-corrected chi connectivity index (χ4v) is 7.71. The largest absolute Gasteiger partial charge is 0.393 e. The molecule has 2 saturated carbocycles. The van der Waals surface area contributed by atoms with Crippen LogP contribution in [0.4, 0.5) is 0 Å². The van der Waals surface area contributed by atoms with Gasteiger partial charge in [0.25, 0.3) is 0 Å². The Kier molecular flexibility index (Phi) is 8.72. The van der Waals surface area contributed by atoms with Gasteiger partial charge in [-0.05, 0) is 42.6 Å². The lowest BCUT2D eigenvalue weighted by Crippen LogP contribution is -2.33. The highest BCUT2D eigenvalue weighted by atomic mass is 32.2. The minimum Gasteiger partial charge on any atom is -0.393 e. The zero-order chi connectivity index (χ0) is 22.5. The Morgan fingerprint density at radius 1 is 1.06 bits per heavy atom. The number of hydrogen-bond donors (Lipinski definition) is 1. The van der Waals surface area contributed by atoms with Gasteiger partial charge in [0.15, 0.2) is 0 Å². The molecule has 0 heterocycles. The molecule has 174 valence electrons. The standard InChI is InChI=1S/C28H44O2S/c1-5-6-7-8-9-13-16-22(29)19-25(21-14-11-10-12-15-21)31-20-23-24-17-18-28(4,26(23)30)27(24,2)3/h10-12,14-15,22-25,29H,5-9,13,16-20H2,1-4H3/t22-,23+,24-,25+,28+/m1/s1. The van der Waals surface area contributed by atoms with Gasteiger partial charge in [0.05, 0.1) is 6.10 Å². The smallest absolute Gasteiger partial charge is 0.143 e. The first-order chi connectivity index (χ1) is 14.8. The molecule has 3 heteroatoms. The highest BCUT2D eigenvalue weighted by molar-refractivity contribution is 7.99. The molecule has 2 nitrogen and oxygen atoms in total. The van der Waals surface area contributed by atoms with Crippen LogP contribution in [0.5, 0.6) is 0 Å². The average molecular weight is 445 g/mol. The number of thioether (sulfide) groups is 1. The lowest BCUT2D eigenvalue weighted by atomic mass is 9.70. The molecule has 2 fully saturated rings. The van der Waals surface area contributed by atoms with Crippen LogP contribution in [0.1, 0.15) is 103 Å². The monoisotopic (exact) mass is 444 g/mol. The molecule has 0 radical (unpaired) electrons. The van der Waals surface area contributed by atoms with Gasteiger partial charge in [-0.1, -0.05) is 96.6 Å². The number of Topliss-reactive ketones (excluding diaryl/α,β-unsaturated/α-hetero) is 1. The van der Waals surface area contributed by atoms with E-state index in [9.17, 15) is 9.90 Å². The lowest BCUT2D eigenvalue weighted by Gasteiger charge is -2.32. The lowest BCUT2D eigenvalue weighted by molar-refractivity contribution is -0.131. The molecule has 0 saturated heterocycles. The number of carbonyl (C=O) groups excluding carboxylic acids is 1. The van der Waals surface area contributed by atoms with Crippen LogP contribution in [-0.2, 0) is 4.79 Å². The van der Waals surface area contributed by atoms with Crippen molar-refractivity contribution >= 4 is 17.5 Å². The zero-order valence-corrected chi connectivity index (χ0v) is 21.1. The van der Waals surface area contributed by atoms with Crippen LogP contribution in [0.2, 0.25) is 0 Å². The summed E-state index contributed by atoms with van der Waals surface area (Å²) in [7, 11) is 0. The van der Waals surface area contributed by atoms with Gasteiger partial charge < -0.3 is 5.11 Å². The zero-order valence-electron chi connectivity index (χ0n) is 20.2. The molecule has 1 aromatic carbocycles. The van der Waals surface area contributed by atoms with Crippen molar-refractivity contribution in [1.82, 2.24) is 0 Å². The van der Waals surface area contributed by atoms with Crippen molar-refractivity contribution in [3.05, 3.63) is 35.9 Å². The summed E-state index contributed by atoms with van der Waals surface area (Å²) in [6.07, 6.45) is 11.2. The molecule has 0 unspecified atom stereocenters. The first kappa shape index (κ1) is 24.8. The quantitative estimate of drug-likeness (QED) is 0.318. The van der Waals surface area contributed by atoms with E-state index in [2.05, 4.69) is 58.0 Å². The summed E-state index contributed by atoms with van der Waals surface area (Å²) in [5.74, 6) is 2.09. The van der Waals surface area contributed by atoms with E-state index in [1.807, 2.05) is 11.8 Å². The fourth-order valence-electron chi connectivity index (χ4n) is 6.18. The normalized spacial score (nSPS) is 28.7. The topological polar surface area (TPSA) is 37.3 Å². The third-order valence-corrected chi connectivity index (χ3v) is 10.1. The predicted octanol–water partition coefficient (Wildman–Crippen LogP) is 7.60. The maximum absolute atomic E-state index is 13.3. The first-order valence-corrected chi connectivity index (χ1v) is 13.7. The van der Waals surface area contributed by atoms with Crippen molar-refractivity contribution in [2.24, 2.45) is 22.7 Å². The SMILES string of the molecule is CCCCCCCC[C@@H](O)C[C@H](SC[C@@H]1C(=O)[C@]2(C)CC[C@H]1C2(C)C)c1ccccc1. The Bertz CT molecular complexity index is 700. The molecule has 31 heavy (non-hydrogen) atoms. The number of aliphatic hydroxyl groups excluding tert-OH is 1. The van der Waals surface area contributed by atoms with Crippen LogP contribution in [0.25, 0.3) is 0 Å². The van der Waals surface area contributed by atoms with Gasteiger partial charge in [0.2, 0.25) is 0 Å². The third-order valence-electron chi connectivity index (χ3n) is 8.70. The number of rotatable bonds is 13. The van der Waals surface area contributed by atoms with Crippen LogP contribution < -0.4 is 0 Å². The van der Waals surface area contributed by atoms with Crippen LogP contribution >= 0.6 is 11.8 Å². The van der Waals surface area contributed by atoms with Gasteiger partial charge in [0.1, 0.15) is 5.78 Å². The molecule has 1 aromatic rings. The Morgan fingerprint density at radius 2 is 1.74 bits per heavy atom. The second-order valence-corrected chi connectivity index (χ2v) is 12.1. The van der Waals surface area contributed by atoms with Gasteiger partial charge in [-0.3, -0.25) is 4.79 Å². The Hall–Kier alpha value is -0.800. The molecule has 0 aliphatic heterocycles. The molecule has 2 aliphatic carbocycles. The number of ketones is 1. The van der Waals surface area contributed by atoms with Crippen LogP contribution in [0.15, 0.2) is 30.3 Å². The number of hydrogen-bond acceptors (Lipinski definition) is 3. The Balaban J connectivity index is 1.56. The Labute approximate surface area is 195 Å². The van der Waals surface area contributed by atoms with E-state index in [4.69, 9.17) is 0 Å². The van der Waals surface area contributed by atoms with E-state index in [1.165, 1.54) is 44.1 Å².